The molecule has 0 radical (unpaired) electrons. The summed E-state index contributed by atoms with van der Waals surface area (Å²) in [7, 11) is 0. The predicted octanol–water partition coefficient (Wildman–Crippen LogP) is 13.1. The van der Waals surface area contributed by atoms with Gasteiger partial charge in [-0.05, 0) is 105 Å². The number of hydrogen-bond donors (Lipinski definition) is 3. The summed E-state index contributed by atoms with van der Waals surface area (Å²) >= 11 is 1.74. The Morgan fingerprint density at radius 2 is 1.38 bits per heavy atom. The first kappa shape index (κ1) is 58.3. The van der Waals surface area contributed by atoms with Crippen LogP contribution < -0.4 is 16.0 Å². The highest BCUT2D eigenvalue weighted by molar-refractivity contribution is 8.03. The molecule has 1 saturated carbocycles. The maximum Gasteiger partial charge on any atom is 0.219 e. The van der Waals surface area contributed by atoms with Gasteiger partial charge in [-0.3, -0.25) is 4.79 Å². The first-order chi connectivity index (χ1) is 32.2. The third-order valence-electron chi connectivity index (χ3n) is 11.4. The lowest BCUT2D eigenvalue weighted by Gasteiger charge is -2.25. The number of benzene rings is 2. The number of hydrogen-bond acceptors (Lipinski definition) is 8. The maximum absolute atomic E-state index is 11.1. The van der Waals surface area contributed by atoms with Crippen LogP contribution in [0.1, 0.15) is 136 Å². The van der Waals surface area contributed by atoms with Crippen molar-refractivity contribution in [2.45, 2.75) is 143 Å². The van der Waals surface area contributed by atoms with Crippen LogP contribution in [0.4, 0.5) is 0 Å². The van der Waals surface area contributed by atoms with Crippen molar-refractivity contribution in [3.8, 4) is 0 Å². The molecule has 3 rings (SSSR count). The Morgan fingerprint density at radius 3 is 1.95 bits per heavy atom. The molecular formula is C57H89N3O5S. The molecule has 3 N–H and O–H groups in total. The van der Waals surface area contributed by atoms with E-state index in [9.17, 15) is 4.79 Å². The molecule has 1 unspecified atom stereocenters. The highest BCUT2D eigenvalue weighted by Crippen LogP contribution is 2.31. The molecule has 0 aliphatic heterocycles. The topological polar surface area (TPSA) is 90.1 Å². The predicted molar refractivity (Wildman–Crippen MR) is 283 cm³/mol. The van der Waals surface area contributed by atoms with Gasteiger partial charge in [0.15, 0.2) is 0 Å². The monoisotopic (exact) mass is 928 g/mol. The second kappa shape index (κ2) is 38.1. The molecule has 0 saturated heterocycles. The summed E-state index contributed by atoms with van der Waals surface area (Å²) in [6.45, 7) is 29.3. The average Bonchev–Trinajstić information content (AvgIpc) is 3.30. The minimum atomic E-state index is 0.0444. The Morgan fingerprint density at radius 1 is 0.758 bits per heavy atom. The minimum Gasteiger partial charge on any atom is -0.386 e. The van der Waals surface area contributed by atoms with E-state index in [0.29, 0.717) is 77.8 Å². The van der Waals surface area contributed by atoms with Crippen LogP contribution in [0.25, 0.3) is 5.57 Å². The maximum atomic E-state index is 11.1. The molecule has 0 heterocycles. The largest absolute Gasteiger partial charge is 0.386 e. The first-order valence-corrected chi connectivity index (χ1v) is 26.0. The smallest absolute Gasteiger partial charge is 0.219 e. The molecule has 1 fully saturated rings. The number of carbonyl (C=O) groups is 1. The van der Waals surface area contributed by atoms with E-state index < -0.39 is 0 Å². The van der Waals surface area contributed by atoms with Crippen molar-refractivity contribution in [1.29, 1.82) is 0 Å². The highest BCUT2D eigenvalue weighted by atomic mass is 32.2. The summed E-state index contributed by atoms with van der Waals surface area (Å²) in [5.74, 6) is 0.674. The molecule has 2 aromatic carbocycles. The number of amides is 1. The second-order valence-electron chi connectivity index (χ2n) is 17.0. The zero-order chi connectivity index (χ0) is 48.0. The lowest BCUT2D eigenvalue weighted by Crippen LogP contribution is -2.32. The molecule has 66 heavy (non-hydrogen) atoms. The number of thioether (sulfide) groups is 1. The molecular weight excluding hydrogens is 839 g/mol. The average molecular weight is 928 g/mol. The fourth-order valence-electron chi connectivity index (χ4n) is 7.28. The molecule has 368 valence electrons. The summed E-state index contributed by atoms with van der Waals surface area (Å²) in [5, 5.41) is 10.0. The van der Waals surface area contributed by atoms with Crippen LogP contribution in [0, 0.1) is 5.92 Å². The summed E-state index contributed by atoms with van der Waals surface area (Å²) < 4.78 is 22.2. The van der Waals surface area contributed by atoms with Crippen LogP contribution in [0.3, 0.4) is 0 Å². The van der Waals surface area contributed by atoms with E-state index in [2.05, 4.69) is 150 Å². The molecule has 1 aliphatic rings. The van der Waals surface area contributed by atoms with Crippen molar-refractivity contribution in [2.75, 3.05) is 65.9 Å². The minimum absolute atomic E-state index is 0.0444. The van der Waals surface area contributed by atoms with Crippen molar-refractivity contribution < 1.29 is 23.7 Å². The summed E-state index contributed by atoms with van der Waals surface area (Å²) in [6.07, 6.45) is 25.4. The van der Waals surface area contributed by atoms with Gasteiger partial charge in [0.2, 0.25) is 5.91 Å². The van der Waals surface area contributed by atoms with E-state index in [-0.39, 0.29) is 5.91 Å². The molecule has 9 heteroatoms. The Hall–Kier alpha value is -3.86. The molecule has 0 aromatic heterocycles. The normalized spacial score (nSPS) is 13.1. The lowest BCUT2D eigenvalue weighted by molar-refractivity contribution is -0.121. The Kier molecular flexibility index (Phi) is 33.7. The number of aryl methyl sites for hydroxylation is 2. The van der Waals surface area contributed by atoms with Crippen LogP contribution in [-0.2, 0) is 36.6 Å². The van der Waals surface area contributed by atoms with E-state index in [4.69, 9.17) is 18.9 Å². The number of nitrogens with one attached hydrogen (secondary N) is 3. The standard InChI is InChI=1S/C31H59N3O5.C26H30S/c1-6-27(5)34-29(26(3)4)14-9-8-10-15-30(28-12-11-13-28)32-16-18-36-20-22-38-24-25-39-23-21-37-19-17-33-31(35)7-2;1-5-13-23-17-8-10-19-25(23)24(14-6-2)18-12-15-21(4)27-26-20-11-9-16-22(26)7-3/h26,29,32,34H,5-25H2,1-4H3,(H,33,35);6,8-12,14-20H,4-5,7,13H2,1-3H3/b;14-6-,15-12+,24-18-. The van der Waals surface area contributed by atoms with Crippen molar-refractivity contribution >= 4 is 23.2 Å². The Labute approximate surface area is 406 Å². The Balaban J connectivity index is 0.000000483. The highest BCUT2D eigenvalue weighted by Gasteiger charge is 2.16. The molecule has 0 spiro atoms. The first-order valence-electron chi connectivity index (χ1n) is 25.2. The van der Waals surface area contributed by atoms with Gasteiger partial charge in [-0.2, -0.15) is 0 Å². The van der Waals surface area contributed by atoms with Crippen molar-refractivity contribution in [3.63, 3.8) is 0 Å². The van der Waals surface area contributed by atoms with E-state index in [1.807, 2.05) is 6.92 Å². The summed E-state index contributed by atoms with van der Waals surface area (Å²) in [4.78, 5) is 13.4. The van der Waals surface area contributed by atoms with Gasteiger partial charge in [0.25, 0.3) is 0 Å². The van der Waals surface area contributed by atoms with Gasteiger partial charge in [-0.15, -0.1) is 0 Å². The molecule has 1 aliphatic carbocycles. The molecule has 8 nitrogen and oxygen atoms in total. The van der Waals surface area contributed by atoms with Gasteiger partial charge < -0.3 is 34.9 Å². The van der Waals surface area contributed by atoms with Crippen LogP contribution in [-0.4, -0.2) is 77.9 Å². The van der Waals surface area contributed by atoms with Gasteiger partial charge in [-0.1, -0.05) is 158 Å². The van der Waals surface area contributed by atoms with Gasteiger partial charge in [0, 0.05) is 46.7 Å². The van der Waals surface area contributed by atoms with Crippen LogP contribution in [0.5, 0.6) is 0 Å². The quantitative estimate of drug-likeness (QED) is 0.0354. The van der Waals surface area contributed by atoms with Crippen LogP contribution in [0.15, 0.2) is 119 Å². The van der Waals surface area contributed by atoms with Crippen LogP contribution >= 0.6 is 11.8 Å². The molecule has 0 bridgehead atoms. The van der Waals surface area contributed by atoms with Crippen molar-refractivity contribution in [3.05, 3.63) is 131 Å². The van der Waals surface area contributed by atoms with Crippen molar-refractivity contribution in [2.24, 2.45) is 5.92 Å². The second-order valence-corrected chi connectivity index (χ2v) is 18.2. The molecule has 1 amide bonds. The number of rotatable bonds is 36. The third kappa shape index (κ3) is 26.5. The van der Waals surface area contributed by atoms with Crippen molar-refractivity contribution in [1.82, 2.24) is 16.0 Å². The molecule has 1 atom stereocenters. The van der Waals surface area contributed by atoms with Gasteiger partial charge in [0.05, 0.1) is 52.9 Å². The van der Waals surface area contributed by atoms with Crippen LogP contribution in [0.2, 0.25) is 0 Å². The number of unbranched alkanes of at least 4 members (excludes halogenated alkanes) is 2. The van der Waals surface area contributed by atoms with E-state index >= 15 is 0 Å². The zero-order valence-corrected chi connectivity index (χ0v) is 43.1. The molecule has 2 aromatic rings. The van der Waals surface area contributed by atoms with E-state index in [0.717, 1.165) is 49.3 Å². The SMILES string of the molecule is C=C(/C=C/C=C(/C=C\C)c1ccccc1CCC)Sc1ccccc1CC.C=C(CC)NC(CCCCCC(NCCOCCOCCOCCOCCNC(=O)CC)=C1CCC1)C(C)C. The summed E-state index contributed by atoms with van der Waals surface area (Å²) in [5.41, 5.74) is 9.57. The number of ether oxygens (including phenoxy) is 4. The number of carbonyl (C=O) groups excluding carboxylic acids is 1. The summed E-state index contributed by atoms with van der Waals surface area (Å²) in [6, 6.07) is 17.8. The van der Waals surface area contributed by atoms with Gasteiger partial charge in [0.1, 0.15) is 0 Å². The number of allylic oxidation sites excluding steroid dienone is 9. The Bertz CT molecular complexity index is 1760. The fourth-order valence-corrected chi connectivity index (χ4v) is 8.20. The van der Waals surface area contributed by atoms with E-state index in [1.54, 1.807) is 17.3 Å². The fraction of sp³-hybridized carbons (Fsp3) is 0.561. The van der Waals surface area contributed by atoms with E-state index in [1.165, 1.54) is 77.8 Å². The van der Waals surface area contributed by atoms with Gasteiger partial charge in [-0.25, -0.2) is 0 Å². The zero-order valence-electron chi connectivity index (χ0n) is 42.3. The van der Waals surface area contributed by atoms with Gasteiger partial charge >= 0.3 is 0 Å². The lowest BCUT2D eigenvalue weighted by atomic mass is 9.88. The third-order valence-corrected chi connectivity index (χ3v) is 12.4.